The van der Waals surface area contributed by atoms with Crippen LogP contribution in [0.5, 0.6) is 0 Å². The van der Waals surface area contributed by atoms with Crippen molar-refractivity contribution in [3.8, 4) is 11.3 Å². The second-order valence-corrected chi connectivity index (χ2v) is 6.60. The molecule has 1 aromatic carbocycles. The first-order valence-electron chi connectivity index (χ1n) is 8.93. The van der Waals surface area contributed by atoms with E-state index in [2.05, 4.69) is 15.2 Å². The van der Waals surface area contributed by atoms with Gasteiger partial charge < -0.3 is 15.2 Å². The summed E-state index contributed by atoms with van der Waals surface area (Å²) in [5.74, 6) is -1.17. The predicted octanol–water partition coefficient (Wildman–Crippen LogP) is 1.90. The molecule has 2 heterocycles. The third-order valence-electron chi connectivity index (χ3n) is 4.44. The molecule has 1 atom stereocenters. The Bertz CT molecular complexity index is 818. The standard InChI is InChI=1S/C20H23N3O4/c1-14(13-23-7-9-27-10-8-23)22-19(24)16-4-2-3-15(11-16)18-12-17(20(25)26)5-6-21-18/h2-6,11-12,14H,7-10,13H2,1H3,(H,22,24)(H,25,26)/t14-/m1/s1. The van der Waals surface area contributed by atoms with Gasteiger partial charge in [0.1, 0.15) is 0 Å². The molecule has 2 aromatic rings. The second kappa shape index (κ2) is 8.75. The highest BCUT2D eigenvalue weighted by atomic mass is 16.5. The largest absolute Gasteiger partial charge is 0.478 e. The summed E-state index contributed by atoms with van der Waals surface area (Å²) < 4.78 is 5.34. The van der Waals surface area contributed by atoms with Gasteiger partial charge in [0.05, 0.1) is 24.5 Å². The maximum atomic E-state index is 12.6. The molecule has 1 aliphatic rings. The molecule has 1 saturated heterocycles. The van der Waals surface area contributed by atoms with Crippen molar-refractivity contribution in [3.63, 3.8) is 0 Å². The Hall–Kier alpha value is -2.77. The fourth-order valence-corrected chi connectivity index (χ4v) is 3.07. The third-order valence-corrected chi connectivity index (χ3v) is 4.44. The highest BCUT2D eigenvalue weighted by Crippen LogP contribution is 2.19. The van der Waals surface area contributed by atoms with Crippen molar-refractivity contribution in [2.45, 2.75) is 13.0 Å². The van der Waals surface area contributed by atoms with Crippen LogP contribution in [0.1, 0.15) is 27.6 Å². The molecule has 1 aliphatic heterocycles. The van der Waals surface area contributed by atoms with E-state index >= 15 is 0 Å². The number of aromatic carboxylic acids is 1. The number of amides is 1. The van der Waals surface area contributed by atoms with Gasteiger partial charge in [0.15, 0.2) is 0 Å². The number of carboxylic acids is 1. The highest BCUT2D eigenvalue weighted by molar-refractivity contribution is 5.95. The van der Waals surface area contributed by atoms with Gasteiger partial charge in [-0.25, -0.2) is 4.79 Å². The van der Waals surface area contributed by atoms with Crippen molar-refractivity contribution in [2.24, 2.45) is 0 Å². The van der Waals surface area contributed by atoms with E-state index in [0.717, 1.165) is 32.8 Å². The van der Waals surface area contributed by atoms with E-state index in [4.69, 9.17) is 9.84 Å². The summed E-state index contributed by atoms with van der Waals surface area (Å²) >= 11 is 0. The van der Waals surface area contributed by atoms with Gasteiger partial charge in [0, 0.05) is 43.0 Å². The maximum Gasteiger partial charge on any atom is 0.335 e. The Morgan fingerprint density at radius 3 is 2.74 bits per heavy atom. The number of pyridine rings is 1. The highest BCUT2D eigenvalue weighted by Gasteiger charge is 2.16. The summed E-state index contributed by atoms with van der Waals surface area (Å²) in [7, 11) is 0. The fraction of sp³-hybridized carbons (Fsp3) is 0.350. The van der Waals surface area contributed by atoms with Crippen molar-refractivity contribution >= 4 is 11.9 Å². The first kappa shape index (κ1) is 19.0. The topological polar surface area (TPSA) is 91.8 Å². The minimum absolute atomic E-state index is 0.00715. The van der Waals surface area contributed by atoms with Crippen LogP contribution in [0.3, 0.4) is 0 Å². The van der Waals surface area contributed by atoms with Crippen molar-refractivity contribution in [1.29, 1.82) is 0 Å². The van der Waals surface area contributed by atoms with Crippen molar-refractivity contribution in [2.75, 3.05) is 32.8 Å². The molecule has 1 aromatic heterocycles. The monoisotopic (exact) mass is 369 g/mol. The Kier molecular flexibility index (Phi) is 6.16. The van der Waals surface area contributed by atoms with Crippen molar-refractivity contribution in [1.82, 2.24) is 15.2 Å². The molecule has 7 nitrogen and oxygen atoms in total. The van der Waals surface area contributed by atoms with Crippen LogP contribution in [0.25, 0.3) is 11.3 Å². The number of aromatic nitrogens is 1. The molecule has 7 heteroatoms. The quantitative estimate of drug-likeness (QED) is 0.808. The van der Waals surface area contributed by atoms with E-state index in [-0.39, 0.29) is 17.5 Å². The van der Waals surface area contributed by atoms with Gasteiger partial charge in [-0.05, 0) is 31.2 Å². The van der Waals surface area contributed by atoms with Gasteiger partial charge in [-0.3, -0.25) is 14.7 Å². The summed E-state index contributed by atoms with van der Waals surface area (Å²) in [5.41, 5.74) is 1.90. The molecule has 0 unspecified atom stereocenters. The van der Waals surface area contributed by atoms with E-state index in [9.17, 15) is 9.59 Å². The van der Waals surface area contributed by atoms with E-state index in [1.54, 1.807) is 18.2 Å². The molecule has 27 heavy (non-hydrogen) atoms. The van der Waals surface area contributed by atoms with Gasteiger partial charge in [0.2, 0.25) is 0 Å². The van der Waals surface area contributed by atoms with Gasteiger partial charge in [-0.2, -0.15) is 0 Å². The molecular weight excluding hydrogens is 346 g/mol. The lowest BCUT2D eigenvalue weighted by Gasteiger charge is -2.29. The van der Waals surface area contributed by atoms with Crippen LogP contribution in [0, 0.1) is 0 Å². The number of ether oxygens (including phenoxy) is 1. The average molecular weight is 369 g/mol. The Labute approximate surface area is 158 Å². The average Bonchev–Trinajstić information content (AvgIpc) is 2.69. The van der Waals surface area contributed by atoms with Crippen LogP contribution in [0.4, 0.5) is 0 Å². The van der Waals surface area contributed by atoms with Crippen LogP contribution in [0.2, 0.25) is 0 Å². The molecule has 1 amide bonds. The van der Waals surface area contributed by atoms with Crippen LogP contribution >= 0.6 is 0 Å². The summed E-state index contributed by atoms with van der Waals surface area (Å²) in [6.07, 6.45) is 1.45. The SMILES string of the molecule is C[C@H](CN1CCOCC1)NC(=O)c1cccc(-c2cc(C(=O)O)ccn2)c1. The number of morpholine rings is 1. The number of hydrogen-bond donors (Lipinski definition) is 2. The van der Waals surface area contributed by atoms with Crippen LogP contribution in [0.15, 0.2) is 42.6 Å². The van der Waals surface area contributed by atoms with Gasteiger partial charge in [-0.15, -0.1) is 0 Å². The van der Waals surface area contributed by atoms with Crippen molar-refractivity contribution in [3.05, 3.63) is 53.7 Å². The number of nitrogens with zero attached hydrogens (tertiary/aromatic N) is 2. The zero-order valence-corrected chi connectivity index (χ0v) is 15.2. The summed E-state index contributed by atoms with van der Waals surface area (Å²) in [5, 5.41) is 12.1. The second-order valence-electron chi connectivity index (χ2n) is 6.60. The third kappa shape index (κ3) is 5.12. The van der Waals surface area contributed by atoms with E-state index in [1.807, 2.05) is 13.0 Å². The van der Waals surface area contributed by atoms with Gasteiger partial charge in [-0.1, -0.05) is 12.1 Å². The van der Waals surface area contributed by atoms with E-state index < -0.39 is 5.97 Å². The number of carboxylic acid groups (broad SMARTS) is 1. The molecule has 0 saturated carbocycles. The lowest BCUT2D eigenvalue weighted by molar-refractivity contribution is 0.0342. The summed E-state index contributed by atoms with van der Waals surface area (Å²) in [4.78, 5) is 30.2. The molecule has 3 rings (SSSR count). The molecule has 2 N–H and O–H groups in total. The summed E-state index contributed by atoms with van der Waals surface area (Å²) in [6, 6.07) is 9.99. The number of hydrogen-bond acceptors (Lipinski definition) is 5. The molecule has 1 fully saturated rings. The molecular formula is C20H23N3O4. The first-order valence-corrected chi connectivity index (χ1v) is 8.93. The van der Waals surface area contributed by atoms with Gasteiger partial charge >= 0.3 is 5.97 Å². The first-order chi connectivity index (χ1) is 13.0. The predicted molar refractivity (Wildman–Crippen MR) is 101 cm³/mol. The van der Waals surface area contributed by atoms with E-state index in [0.29, 0.717) is 16.8 Å². The molecule has 0 bridgehead atoms. The van der Waals surface area contributed by atoms with Crippen LogP contribution in [-0.2, 0) is 4.74 Å². The zero-order chi connectivity index (χ0) is 19.2. The van der Waals surface area contributed by atoms with Crippen molar-refractivity contribution < 1.29 is 19.4 Å². The molecule has 0 radical (unpaired) electrons. The number of benzene rings is 1. The number of carbonyl (C=O) groups excluding carboxylic acids is 1. The minimum Gasteiger partial charge on any atom is -0.478 e. The lowest BCUT2D eigenvalue weighted by Crippen LogP contribution is -2.46. The Morgan fingerprint density at radius 1 is 1.22 bits per heavy atom. The molecule has 142 valence electrons. The fourth-order valence-electron chi connectivity index (χ4n) is 3.07. The number of nitrogens with one attached hydrogen (secondary N) is 1. The maximum absolute atomic E-state index is 12.6. The Morgan fingerprint density at radius 2 is 2.00 bits per heavy atom. The normalized spacial score (nSPS) is 15.9. The Balaban J connectivity index is 1.68. The number of rotatable bonds is 6. The lowest BCUT2D eigenvalue weighted by atomic mass is 10.1. The van der Waals surface area contributed by atoms with Gasteiger partial charge in [0.25, 0.3) is 5.91 Å². The summed E-state index contributed by atoms with van der Waals surface area (Å²) in [6.45, 7) is 5.96. The zero-order valence-electron chi connectivity index (χ0n) is 15.2. The number of carbonyl (C=O) groups is 2. The van der Waals surface area contributed by atoms with Crippen LogP contribution in [-0.4, -0.2) is 65.8 Å². The smallest absolute Gasteiger partial charge is 0.335 e. The molecule has 0 spiro atoms. The van der Waals surface area contributed by atoms with E-state index in [1.165, 1.54) is 18.3 Å². The van der Waals surface area contributed by atoms with Crippen LogP contribution < -0.4 is 5.32 Å². The molecule has 0 aliphatic carbocycles. The minimum atomic E-state index is -1.01.